The summed E-state index contributed by atoms with van der Waals surface area (Å²) in [5, 5.41) is 0.167. The highest BCUT2D eigenvalue weighted by Crippen LogP contribution is 2.42. The summed E-state index contributed by atoms with van der Waals surface area (Å²) in [4.78, 5) is 24.3. The summed E-state index contributed by atoms with van der Waals surface area (Å²) < 4.78 is 11.4. The fourth-order valence-corrected chi connectivity index (χ4v) is 4.34. The first-order chi connectivity index (χ1) is 11.0. The van der Waals surface area contributed by atoms with Gasteiger partial charge in [0.15, 0.2) is 8.32 Å². The smallest absolute Gasteiger partial charge is 0.306 e. The zero-order valence-electron chi connectivity index (χ0n) is 16.6. The molecule has 0 aromatic rings. The minimum absolute atomic E-state index is 0.167. The van der Waals surface area contributed by atoms with E-state index in [0.29, 0.717) is 19.6 Å². The van der Waals surface area contributed by atoms with Gasteiger partial charge in [0.2, 0.25) is 0 Å². The number of hydrogen-bond donors (Lipinski definition) is 0. The highest BCUT2D eigenvalue weighted by molar-refractivity contribution is 6.74. The Balaban J connectivity index is 2.77. The van der Waals surface area contributed by atoms with Crippen molar-refractivity contribution >= 4 is 20.1 Å². The summed E-state index contributed by atoms with van der Waals surface area (Å²) in [6.07, 6.45) is 2.77. The number of Topliss-reactive ketones (excluding diaryl/α,β-unsaturated/α-hetero) is 1. The van der Waals surface area contributed by atoms with Crippen LogP contribution in [0.3, 0.4) is 0 Å². The Labute approximate surface area is 148 Å². The SMILES string of the molecule is CCC[C@@H]1[C@H](CO[Si](C)(C)C(C)(C)C)CC(=O)[C@H]1CC(=O)OCC. The van der Waals surface area contributed by atoms with Crippen LogP contribution in [-0.2, 0) is 18.8 Å². The lowest BCUT2D eigenvalue weighted by Crippen LogP contribution is -2.42. The first kappa shape index (κ1) is 21.4. The Morgan fingerprint density at radius 3 is 2.38 bits per heavy atom. The standard InChI is InChI=1S/C19H36O4Si/c1-8-10-15-14(13-23-24(6,7)19(3,4)5)11-17(20)16(15)12-18(21)22-9-2/h14-16H,8-13H2,1-7H3/t14-,15+,16-/m0/s1. The second-order valence-corrected chi connectivity index (χ2v) is 13.4. The van der Waals surface area contributed by atoms with Gasteiger partial charge in [0.25, 0.3) is 0 Å². The molecule has 1 fully saturated rings. The van der Waals surface area contributed by atoms with E-state index < -0.39 is 8.32 Å². The zero-order chi connectivity index (χ0) is 18.5. The first-order valence-electron chi connectivity index (χ1n) is 9.35. The van der Waals surface area contributed by atoms with E-state index in [4.69, 9.17) is 9.16 Å². The topological polar surface area (TPSA) is 52.6 Å². The number of ketones is 1. The third-order valence-corrected chi connectivity index (χ3v) is 10.3. The van der Waals surface area contributed by atoms with Crippen molar-refractivity contribution in [2.24, 2.45) is 17.8 Å². The average Bonchev–Trinajstić information content (AvgIpc) is 2.73. The fourth-order valence-electron chi connectivity index (χ4n) is 3.28. The first-order valence-corrected chi connectivity index (χ1v) is 12.3. The predicted octanol–water partition coefficient (Wildman–Crippen LogP) is 4.58. The van der Waals surface area contributed by atoms with Crippen LogP contribution < -0.4 is 0 Å². The van der Waals surface area contributed by atoms with Gasteiger partial charge in [-0.05, 0) is 43.3 Å². The fraction of sp³-hybridized carbons (Fsp3) is 0.895. The molecule has 24 heavy (non-hydrogen) atoms. The molecule has 140 valence electrons. The van der Waals surface area contributed by atoms with Gasteiger partial charge < -0.3 is 9.16 Å². The summed E-state index contributed by atoms with van der Waals surface area (Å²) >= 11 is 0. The molecule has 0 aromatic carbocycles. The molecule has 1 aliphatic carbocycles. The number of ether oxygens (including phenoxy) is 1. The molecule has 0 heterocycles. The van der Waals surface area contributed by atoms with Gasteiger partial charge >= 0.3 is 5.97 Å². The lowest BCUT2D eigenvalue weighted by atomic mass is 9.84. The molecule has 1 aliphatic rings. The average molecular weight is 357 g/mol. The second-order valence-electron chi connectivity index (χ2n) is 8.57. The molecule has 1 saturated carbocycles. The van der Waals surface area contributed by atoms with Crippen LogP contribution in [0.25, 0.3) is 0 Å². The van der Waals surface area contributed by atoms with Gasteiger partial charge in [0.1, 0.15) is 5.78 Å². The van der Waals surface area contributed by atoms with Crippen molar-refractivity contribution < 1.29 is 18.8 Å². The molecule has 0 N–H and O–H groups in total. The zero-order valence-corrected chi connectivity index (χ0v) is 17.6. The van der Waals surface area contributed by atoms with Gasteiger partial charge in [-0.2, -0.15) is 0 Å². The van der Waals surface area contributed by atoms with Crippen molar-refractivity contribution in [3.63, 3.8) is 0 Å². The Morgan fingerprint density at radius 1 is 1.25 bits per heavy atom. The van der Waals surface area contributed by atoms with E-state index in [0.717, 1.165) is 12.8 Å². The van der Waals surface area contributed by atoms with E-state index in [1.165, 1.54) is 0 Å². The molecule has 0 saturated heterocycles. The third kappa shape index (κ3) is 5.41. The summed E-state index contributed by atoms with van der Waals surface area (Å²) in [6.45, 7) is 16.1. The Kier molecular flexibility index (Phi) is 7.66. The van der Waals surface area contributed by atoms with Crippen molar-refractivity contribution in [2.75, 3.05) is 13.2 Å². The Bertz CT molecular complexity index is 439. The molecule has 0 aliphatic heterocycles. The van der Waals surface area contributed by atoms with Gasteiger partial charge in [0, 0.05) is 18.9 Å². The molecule has 0 unspecified atom stereocenters. The maximum atomic E-state index is 12.5. The largest absolute Gasteiger partial charge is 0.466 e. The van der Waals surface area contributed by atoms with E-state index in [9.17, 15) is 9.59 Å². The third-order valence-electron chi connectivity index (χ3n) is 5.78. The van der Waals surface area contributed by atoms with Crippen molar-refractivity contribution in [3.8, 4) is 0 Å². The van der Waals surface area contributed by atoms with Crippen molar-refractivity contribution in [2.45, 2.75) is 78.4 Å². The second kappa shape index (κ2) is 8.61. The Morgan fingerprint density at radius 2 is 1.88 bits per heavy atom. The predicted molar refractivity (Wildman–Crippen MR) is 99.4 cm³/mol. The lowest BCUT2D eigenvalue weighted by Gasteiger charge is -2.37. The maximum absolute atomic E-state index is 12.5. The van der Waals surface area contributed by atoms with E-state index in [1.807, 2.05) is 0 Å². The van der Waals surface area contributed by atoms with Gasteiger partial charge in [-0.25, -0.2) is 0 Å². The molecule has 4 nitrogen and oxygen atoms in total. The van der Waals surface area contributed by atoms with Crippen LogP contribution in [0.5, 0.6) is 0 Å². The quantitative estimate of drug-likeness (QED) is 0.472. The maximum Gasteiger partial charge on any atom is 0.306 e. The summed E-state index contributed by atoms with van der Waals surface area (Å²) in [5.74, 6) is 0.271. The van der Waals surface area contributed by atoms with Crippen LogP contribution in [0.4, 0.5) is 0 Å². The number of hydrogen-bond acceptors (Lipinski definition) is 4. The van der Waals surface area contributed by atoms with Crippen LogP contribution in [0, 0.1) is 17.8 Å². The minimum atomic E-state index is -1.82. The molecule has 0 aromatic heterocycles. The van der Waals surface area contributed by atoms with Crippen LogP contribution in [-0.4, -0.2) is 33.3 Å². The molecular formula is C19H36O4Si. The number of carbonyl (C=O) groups excluding carboxylic acids is 2. The van der Waals surface area contributed by atoms with E-state index >= 15 is 0 Å². The summed E-state index contributed by atoms with van der Waals surface area (Å²) in [6, 6.07) is 0. The highest BCUT2D eigenvalue weighted by Gasteiger charge is 2.44. The highest BCUT2D eigenvalue weighted by atomic mass is 28.4. The van der Waals surface area contributed by atoms with Crippen molar-refractivity contribution in [1.29, 1.82) is 0 Å². The van der Waals surface area contributed by atoms with Crippen LogP contribution in [0.15, 0.2) is 0 Å². The molecule has 0 spiro atoms. The number of rotatable bonds is 8. The van der Waals surface area contributed by atoms with Crippen LogP contribution in [0.2, 0.25) is 18.1 Å². The monoisotopic (exact) mass is 356 g/mol. The Hall–Kier alpha value is -0.683. The lowest BCUT2D eigenvalue weighted by molar-refractivity contribution is -0.146. The van der Waals surface area contributed by atoms with Gasteiger partial charge in [-0.3, -0.25) is 9.59 Å². The van der Waals surface area contributed by atoms with E-state index in [1.54, 1.807) is 6.92 Å². The van der Waals surface area contributed by atoms with Gasteiger partial charge in [-0.15, -0.1) is 0 Å². The molecular weight excluding hydrogens is 320 g/mol. The number of esters is 1. The van der Waals surface area contributed by atoms with Gasteiger partial charge in [0.05, 0.1) is 13.0 Å². The number of carbonyl (C=O) groups is 2. The van der Waals surface area contributed by atoms with Crippen molar-refractivity contribution in [3.05, 3.63) is 0 Å². The molecule has 3 atom stereocenters. The molecule has 1 rings (SSSR count). The molecule has 5 heteroatoms. The minimum Gasteiger partial charge on any atom is -0.466 e. The molecule has 0 amide bonds. The molecule has 0 bridgehead atoms. The molecule has 0 radical (unpaired) electrons. The van der Waals surface area contributed by atoms with Crippen LogP contribution in [0.1, 0.15) is 60.3 Å². The van der Waals surface area contributed by atoms with Crippen LogP contribution >= 0.6 is 0 Å². The normalized spacial score (nSPS) is 25.1. The van der Waals surface area contributed by atoms with E-state index in [-0.39, 0.29) is 41.0 Å². The summed E-state index contributed by atoms with van der Waals surface area (Å²) in [7, 11) is -1.82. The summed E-state index contributed by atoms with van der Waals surface area (Å²) in [5.41, 5.74) is 0. The van der Waals surface area contributed by atoms with Crippen molar-refractivity contribution in [1.82, 2.24) is 0 Å². The van der Waals surface area contributed by atoms with E-state index in [2.05, 4.69) is 40.8 Å². The van der Waals surface area contributed by atoms with Gasteiger partial charge in [-0.1, -0.05) is 34.1 Å².